The number of hydrogen-bond donors (Lipinski definition) is 2. The molecule has 0 fully saturated rings. The Morgan fingerprint density at radius 3 is 2.81 bits per heavy atom. The van der Waals surface area contributed by atoms with Crippen LogP contribution in [-0.2, 0) is 36.9 Å². The third-order valence-corrected chi connectivity index (χ3v) is 4.91. The molecule has 9 heteroatoms. The number of amides is 2. The minimum atomic E-state index is -4.54. The van der Waals surface area contributed by atoms with E-state index in [1.807, 2.05) is 0 Å². The molecule has 6 nitrogen and oxygen atoms in total. The first-order valence-electron chi connectivity index (χ1n) is 8.70. The van der Waals surface area contributed by atoms with E-state index < -0.39 is 17.8 Å². The van der Waals surface area contributed by atoms with E-state index in [4.69, 9.17) is 0 Å². The Morgan fingerprint density at radius 1 is 1.26 bits per heavy atom. The van der Waals surface area contributed by atoms with Crippen molar-refractivity contribution in [1.29, 1.82) is 0 Å². The molecule has 2 amide bonds. The van der Waals surface area contributed by atoms with Crippen molar-refractivity contribution in [2.24, 2.45) is 0 Å². The predicted octanol–water partition coefficient (Wildman–Crippen LogP) is 2.66. The summed E-state index contributed by atoms with van der Waals surface area (Å²) in [4.78, 5) is 24.4. The van der Waals surface area contributed by atoms with Crippen LogP contribution in [0.15, 0.2) is 18.2 Å². The summed E-state index contributed by atoms with van der Waals surface area (Å²) in [5.41, 5.74) is 1.29. The highest BCUT2D eigenvalue weighted by atomic mass is 19.4. The molecule has 1 aliphatic carbocycles. The smallest absolute Gasteiger partial charge is 0.348 e. The topological polar surface area (TPSA) is 76.0 Å². The first kappa shape index (κ1) is 17.6. The second-order valence-electron chi connectivity index (χ2n) is 6.71. The first-order valence-corrected chi connectivity index (χ1v) is 8.70. The van der Waals surface area contributed by atoms with Crippen LogP contribution in [-0.4, -0.2) is 21.6 Å². The van der Waals surface area contributed by atoms with E-state index in [9.17, 15) is 22.8 Å². The van der Waals surface area contributed by atoms with Gasteiger partial charge >= 0.3 is 6.18 Å². The number of fused-ring (bicyclic) bond motifs is 2. The standard InChI is InChI=1S/C18H17F3N4O2/c19-18(20,21)16-11-5-1-2-7-13(11)25(24-16)9-14(26)23-12-6-3-4-10-8-22-17(27)15(10)12/h3-4,6H,1-2,5,7-9H2,(H,22,27)(H,23,26). The molecule has 0 radical (unpaired) electrons. The lowest BCUT2D eigenvalue weighted by Crippen LogP contribution is -2.23. The number of hydrogen-bond acceptors (Lipinski definition) is 3. The molecule has 0 spiro atoms. The third-order valence-electron chi connectivity index (χ3n) is 4.91. The molecule has 1 aromatic carbocycles. The van der Waals surface area contributed by atoms with Crippen LogP contribution in [0.4, 0.5) is 18.9 Å². The molecule has 0 atom stereocenters. The number of benzene rings is 1. The van der Waals surface area contributed by atoms with E-state index in [2.05, 4.69) is 15.7 Å². The second-order valence-corrected chi connectivity index (χ2v) is 6.71. The van der Waals surface area contributed by atoms with E-state index in [0.29, 0.717) is 42.8 Å². The number of aromatic nitrogens is 2. The molecule has 142 valence electrons. The van der Waals surface area contributed by atoms with Gasteiger partial charge in [0.1, 0.15) is 6.54 Å². The van der Waals surface area contributed by atoms with Crippen molar-refractivity contribution >= 4 is 17.5 Å². The highest BCUT2D eigenvalue weighted by Gasteiger charge is 2.39. The molecule has 1 aliphatic heterocycles. The summed E-state index contributed by atoms with van der Waals surface area (Å²) in [6.07, 6.45) is -2.31. The summed E-state index contributed by atoms with van der Waals surface area (Å²) in [7, 11) is 0. The lowest BCUT2D eigenvalue weighted by Gasteiger charge is -2.15. The Labute approximate surface area is 152 Å². The van der Waals surface area contributed by atoms with E-state index in [0.717, 1.165) is 16.7 Å². The van der Waals surface area contributed by atoms with Gasteiger partial charge < -0.3 is 10.6 Å². The maximum atomic E-state index is 13.2. The average molecular weight is 378 g/mol. The number of anilines is 1. The molecule has 27 heavy (non-hydrogen) atoms. The Balaban J connectivity index is 1.59. The molecule has 0 saturated carbocycles. The minimum absolute atomic E-state index is 0.196. The molecule has 0 unspecified atom stereocenters. The predicted molar refractivity (Wildman–Crippen MR) is 90.1 cm³/mol. The monoisotopic (exact) mass is 378 g/mol. The maximum absolute atomic E-state index is 13.2. The Kier molecular flexibility index (Phi) is 4.16. The van der Waals surface area contributed by atoms with E-state index in [-0.39, 0.29) is 18.0 Å². The van der Waals surface area contributed by atoms with Crippen LogP contribution in [0.3, 0.4) is 0 Å². The van der Waals surface area contributed by atoms with Crippen molar-refractivity contribution in [2.75, 3.05) is 5.32 Å². The molecule has 1 aromatic heterocycles. The molecule has 4 rings (SSSR count). The molecule has 0 bridgehead atoms. The van der Waals surface area contributed by atoms with Crippen molar-refractivity contribution in [2.45, 2.75) is 44.9 Å². The van der Waals surface area contributed by atoms with Crippen LogP contribution in [0.5, 0.6) is 0 Å². The fraction of sp³-hybridized carbons (Fsp3) is 0.389. The van der Waals surface area contributed by atoms with Crippen molar-refractivity contribution in [3.63, 3.8) is 0 Å². The normalized spacial score (nSPS) is 15.9. The number of nitrogens with one attached hydrogen (secondary N) is 2. The number of alkyl halides is 3. The molecular formula is C18H17F3N4O2. The fourth-order valence-electron chi connectivity index (χ4n) is 3.74. The number of rotatable bonds is 3. The molecule has 2 N–H and O–H groups in total. The quantitative estimate of drug-likeness (QED) is 0.862. The summed E-state index contributed by atoms with van der Waals surface area (Å²) < 4.78 is 40.9. The SMILES string of the molecule is O=C(Cn1nc(C(F)(F)F)c2c1CCCC2)Nc1cccc2c1C(=O)NC2. The van der Waals surface area contributed by atoms with Crippen LogP contribution in [0, 0.1) is 0 Å². The van der Waals surface area contributed by atoms with Crippen LogP contribution in [0.1, 0.15) is 45.7 Å². The first-order chi connectivity index (χ1) is 12.8. The largest absolute Gasteiger partial charge is 0.435 e. The van der Waals surface area contributed by atoms with Crippen molar-refractivity contribution in [1.82, 2.24) is 15.1 Å². The zero-order valence-electron chi connectivity index (χ0n) is 14.3. The number of carbonyl (C=O) groups is 2. The molecule has 2 aliphatic rings. The average Bonchev–Trinajstić information content (AvgIpc) is 3.17. The highest BCUT2D eigenvalue weighted by Crippen LogP contribution is 2.35. The lowest BCUT2D eigenvalue weighted by molar-refractivity contribution is -0.142. The van der Waals surface area contributed by atoms with E-state index >= 15 is 0 Å². The lowest BCUT2D eigenvalue weighted by atomic mass is 9.95. The van der Waals surface area contributed by atoms with Crippen LogP contribution >= 0.6 is 0 Å². The van der Waals surface area contributed by atoms with Crippen LogP contribution < -0.4 is 10.6 Å². The maximum Gasteiger partial charge on any atom is 0.435 e. The van der Waals surface area contributed by atoms with Gasteiger partial charge in [-0.2, -0.15) is 18.3 Å². The van der Waals surface area contributed by atoms with Crippen molar-refractivity contribution in [3.05, 3.63) is 46.3 Å². The number of nitrogens with zero attached hydrogens (tertiary/aromatic N) is 2. The summed E-state index contributed by atoms with van der Waals surface area (Å²) in [6.45, 7) is 0.0587. The van der Waals surface area contributed by atoms with Gasteiger partial charge in [0.25, 0.3) is 5.91 Å². The van der Waals surface area contributed by atoms with Gasteiger partial charge in [-0.15, -0.1) is 0 Å². The van der Waals surface area contributed by atoms with Crippen molar-refractivity contribution in [3.8, 4) is 0 Å². The highest BCUT2D eigenvalue weighted by molar-refractivity contribution is 6.06. The van der Waals surface area contributed by atoms with Crippen molar-refractivity contribution < 1.29 is 22.8 Å². The zero-order valence-corrected chi connectivity index (χ0v) is 14.3. The van der Waals surface area contributed by atoms with Gasteiger partial charge in [-0.25, -0.2) is 0 Å². The summed E-state index contributed by atoms with van der Waals surface area (Å²) in [6, 6.07) is 5.09. The van der Waals surface area contributed by atoms with E-state index in [1.54, 1.807) is 18.2 Å². The van der Waals surface area contributed by atoms with Crippen LogP contribution in [0.2, 0.25) is 0 Å². The van der Waals surface area contributed by atoms with Gasteiger partial charge in [0.05, 0.1) is 11.3 Å². The molecule has 0 saturated heterocycles. The molecular weight excluding hydrogens is 361 g/mol. The molecule has 2 heterocycles. The third kappa shape index (κ3) is 3.17. The Bertz CT molecular complexity index is 933. The second kappa shape index (κ2) is 6.40. The Hall–Kier alpha value is -2.84. The number of carbonyl (C=O) groups excluding carboxylic acids is 2. The summed E-state index contributed by atoms with van der Waals surface area (Å²) in [5, 5.41) is 8.99. The van der Waals surface area contributed by atoms with Gasteiger partial charge in [0, 0.05) is 17.8 Å². The zero-order chi connectivity index (χ0) is 19.2. The van der Waals surface area contributed by atoms with Gasteiger partial charge in [-0.3, -0.25) is 14.3 Å². The fourth-order valence-corrected chi connectivity index (χ4v) is 3.74. The van der Waals surface area contributed by atoms with Gasteiger partial charge in [-0.1, -0.05) is 12.1 Å². The summed E-state index contributed by atoms with van der Waals surface area (Å²) >= 11 is 0. The molecule has 2 aromatic rings. The van der Waals surface area contributed by atoms with Gasteiger partial charge in [-0.05, 0) is 37.3 Å². The summed E-state index contributed by atoms with van der Waals surface area (Å²) in [5.74, 6) is -0.801. The van der Waals surface area contributed by atoms with Gasteiger partial charge in [0.2, 0.25) is 5.91 Å². The van der Waals surface area contributed by atoms with E-state index in [1.165, 1.54) is 0 Å². The van der Waals surface area contributed by atoms with Gasteiger partial charge in [0.15, 0.2) is 5.69 Å². The Morgan fingerprint density at radius 2 is 2.04 bits per heavy atom. The number of halogens is 3. The van der Waals surface area contributed by atoms with Crippen LogP contribution in [0.25, 0.3) is 0 Å². The minimum Gasteiger partial charge on any atom is -0.348 e.